The molecule has 15 heavy (non-hydrogen) atoms. The molecule has 0 bridgehead atoms. The Balaban J connectivity index is 2.32. The van der Waals surface area contributed by atoms with E-state index in [4.69, 9.17) is 4.55 Å². The van der Waals surface area contributed by atoms with Crippen LogP contribution >= 0.6 is 0 Å². The highest BCUT2D eigenvalue weighted by molar-refractivity contribution is 7.79. The fourth-order valence-electron chi connectivity index (χ4n) is 1.44. The number of hydrogen-bond donors (Lipinski definition) is 1. The molecule has 1 N–H and O–H groups in total. The molecule has 1 atom stereocenters. The average Bonchev–Trinajstić information content (AvgIpc) is 2.98. The van der Waals surface area contributed by atoms with Crippen LogP contribution < -0.4 is 3.89 Å². The van der Waals surface area contributed by atoms with Gasteiger partial charge in [-0.2, -0.15) is 8.10 Å². The monoisotopic (exact) mass is 229 g/mol. The molecule has 0 saturated carbocycles. The van der Waals surface area contributed by atoms with Crippen molar-refractivity contribution in [1.29, 1.82) is 0 Å². The van der Waals surface area contributed by atoms with Crippen molar-refractivity contribution in [2.24, 2.45) is 0 Å². The Morgan fingerprint density at radius 3 is 2.20 bits per heavy atom. The van der Waals surface area contributed by atoms with Gasteiger partial charge in [-0.3, -0.25) is 14.7 Å². The Morgan fingerprint density at radius 2 is 1.87 bits per heavy atom. The van der Waals surface area contributed by atoms with Crippen LogP contribution in [0.5, 0.6) is 0 Å². The highest BCUT2D eigenvalue weighted by Gasteiger charge is 2.51. The zero-order chi connectivity index (χ0) is 11.1. The maximum Gasteiger partial charge on any atom is 0.364 e. The van der Waals surface area contributed by atoms with Crippen molar-refractivity contribution in [1.82, 2.24) is 3.89 Å². The second kappa shape index (κ2) is 3.37. The van der Waals surface area contributed by atoms with Gasteiger partial charge in [0.05, 0.1) is 4.92 Å². The lowest BCUT2D eigenvalue weighted by molar-refractivity contribution is -0.384. The smallest absolute Gasteiger partial charge is 0.260 e. The minimum Gasteiger partial charge on any atom is -0.260 e. The fourth-order valence-corrected chi connectivity index (χ4v) is 2.14. The van der Waals surface area contributed by atoms with Crippen LogP contribution in [0, 0.1) is 10.1 Å². The van der Waals surface area contributed by atoms with E-state index in [0.29, 0.717) is 18.8 Å². The van der Waals surface area contributed by atoms with Crippen molar-refractivity contribution < 1.29 is 13.7 Å². The molecule has 0 amide bonds. The lowest BCUT2D eigenvalue weighted by atomic mass is 10.3. The summed E-state index contributed by atoms with van der Waals surface area (Å²) in [6, 6.07) is 5.75. The first-order valence-corrected chi connectivity index (χ1v) is 5.36. The molecule has 1 fully saturated rings. The summed E-state index contributed by atoms with van der Waals surface area (Å²) in [5.74, 6) is 0. The van der Waals surface area contributed by atoms with E-state index in [1.807, 2.05) is 0 Å². The molecule has 2 rings (SSSR count). The molecular formula is C8H9N2O4S+. The van der Waals surface area contributed by atoms with E-state index in [9.17, 15) is 14.3 Å². The van der Waals surface area contributed by atoms with Gasteiger partial charge >= 0.3 is 11.3 Å². The second-order valence-electron chi connectivity index (χ2n) is 3.34. The molecule has 0 radical (unpaired) electrons. The molecule has 6 nitrogen and oxygen atoms in total. The maximum absolute atomic E-state index is 11.1. The highest BCUT2D eigenvalue weighted by Crippen LogP contribution is 2.34. The Hall–Kier alpha value is -1.31. The van der Waals surface area contributed by atoms with Crippen LogP contribution in [0.3, 0.4) is 0 Å². The van der Waals surface area contributed by atoms with Crippen LogP contribution in [-0.2, 0) is 11.3 Å². The second-order valence-corrected chi connectivity index (χ2v) is 4.50. The number of benzene rings is 1. The summed E-state index contributed by atoms with van der Waals surface area (Å²) in [5.41, 5.74) is 0.629. The molecule has 1 heterocycles. The molecule has 0 aromatic heterocycles. The Labute approximate surface area is 88.3 Å². The predicted molar refractivity (Wildman–Crippen MR) is 55.4 cm³/mol. The molecular weight excluding hydrogens is 220 g/mol. The summed E-state index contributed by atoms with van der Waals surface area (Å²) < 4.78 is 20.1. The van der Waals surface area contributed by atoms with Gasteiger partial charge in [0.25, 0.3) is 5.69 Å². The summed E-state index contributed by atoms with van der Waals surface area (Å²) in [6.45, 7) is 1.20. The zero-order valence-electron chi connectivity index (χ0n) is 7.70. The molecule has 1 saturated heterocycles. The van der Waals surface area contributed by atoms with E-state index in [1.165, 1.54) is 24.3 Å². The third-order valence-corrected chi connectivity index (χ3v) is 3.63. The van der Waals surface area contributed by atoms with Crippen LogP contribution in [0.15, 0.2) is 24.3 Å². The number of hydrogen-bond acceptors (Lipinski definition) is 3. The van der Waals surface area contributed by atoms with Crippen LogP contribution in [-0.4, -0.2) is 26.8 Å². The third kappa shape index (κ3) is 1.65. The van der Waals surface area contributed by atoms with Crippen molar-refractivity contribution in [2.75, 3.05) is 13.1 Å². The van der Waals surface area contributed by atoms with Gasteiger partial charge in [0, 0.05) is 24.3 Å². The number of nitrogens with zero attached hydrogens (tertiary/aromatic N) is 2. The first-order chi connectivity index (χ1) is 7.06. The largest absolute Gasteiger partial charge is 0.364 e. The summed E-state index contributed by atoms with van der Waals surface area (Å²) in [5, 5.41) is 10.4. The van der Waals surface area contributed by atoms with Gasteiger partial charge in [-0.05, 0) is 0 Å². The van der Waals surface area contributed by atoms with Gasteiger partial charge in [-0.15, -0.1) is 0 Å². The molecule has 0 spiro atoms. The fraction of sp³-hybridized carbons (Fsp3) is 0.250. The minimum atomic E-state index is -1.97. The van der Waals surface area contributed by atoms with Crippen molar-refractivity contribution >= 4 is 22.6 Å². The number of non-ortho nitro benzene ring substituents is 1. The molecule has 1 aromatic carbocycles. The van der Waals surface area contributed by atoms with Crippen LogP contribution in [0.2, 0.25) is 0 Å². The average molecular weight is 229 g/mol. The summed E-state index contributed by atoms with van der Waals surface area (Å²) >= 11 is -1.97. The predicted octanol–water partition coefficient (Wildman–Crippen LogP) is 1.05. The molecule has 7 heteroatoms. The Morgan fingerprint density at radius 1 is 1.33 bits per heavy atom. The number of rotatable bonds is 3. The summed E-state index contributed by atoms with van der Waals surface area (Å²) in [4.78, 5) is 9.91. The van der Waals surface area contributed by atoms with Crippen LogP contribution in [0.25, 0.3) is 0 Å². The van der Waals surface area contributed by atoms with Crippen molar-refractivity contribution in [2.45, 2.75) is 0 Å². The SMILES string of the molecule is O=[N+]([O-])c1ccc([N+]2(S(=O)O)CC2)cc1. The normalized spacial score (nSPS) is 19.5. The number of quaternary nitrogens is 1. The van der Waals surface area contributed by atoms with E-state index in [2.05, 4.69) is 0 Å². The van der Waals surface area contributed by atoms with Gasteiger partial charge in [0.1, 0.15) is 18.8 Å². The number of nitro groups is 1. The van der Waals surface area contributed by atoms with E-state index in [1.54, 1.807) is 0 Å². The standard InChI is InChI=1S/C8H8N2O4S/c11-9(12)7-1-3-8(4-2-7)10(5-6-10)15(13)14/h1-4H,5-6H2/p+1. The molecule has 1 aliphatic heterocycles. The topological polar surface area (TPSA) is 80.4 Å². The molecule has 80 valence electrons. The lowest BCUT2D eigenvalue weighted by Crippen LogP contribution is -2.27. The minimum absolute atomic E-state index is 0.00199. The summed E-state index contributed by atoms with van der Waals surface area (Å²) in [6.07, 6.45) is 0. The van der Waals surface area contributed by atoms with Gasteiger partial charge in [-0.25, -0.2) is 0 Å². The molecule has 0 aliphatic carbocycles. The first kappa shape index (κ1) is 10.2. The van der Waals surface area contributed by atoms with Crippen LogP contribution in [0.1, 0.15) is 0 Å². The van der Waals surface area contributed by atoms with Crippen molar-refractivity contribution in [3.8, 4) is 0 Å². The van der Waals surface area contributed by atoms with E-state index in [-0.39, 0.29) is 9.58 Å². The van der Waals surface area contributed by atoms with E-state index in [0.717, 1.165) is 0 Å². The molecule has 1 unspecified atom stereocenters. The number of nitro benzene ring substituents is 1. The van der Waals surface area contributed by atoms with Gasteiger partial charge in [0.15, 0.2) is 0 Å². The Bertz CT molecular complexity index is 427. The maximum atomic E-state index is 11.1. The third-order valence-electron chi connectivity index (χ3n) is 2.46. The Kier molecular flexibility index (Phi) is 2.29. The molecule has 1 aliphatic rings. The summed E-state index contributed by atoms with van der Waals surface area (Å²) in [7, 11) is 0. The quantitative estimate of drug-likeness (QED) is 0.276. The van der Waals surface area contributed by atoms with Gasteiger partial charge in [0.2, 0.25) is 0 Å². The van der Waals surface area contributed by atoms with Gasteiger partial charge in [-0.1, -0.05) is 0 Å². The molecule has 1 aromatic rings. The van der Waals surface area contributed by atoms with Crippen LogP contribution in [0.4, 0.5) is 11.4 Å². The first-order valence-electron chi connectivity index (χ1n) is 4.30. The van der Waals surface area contributed by atoms with Crippen molar-refractivity contribution in [3.05, 3.63) is 34.4 Å². The van der Waals surface area contributed by atoms with Crippen molar-refractivity contribution in [3.63, 3.8) is 0 Å². The lowest BCUT2D eigenvalue weighted by Gasteiger charge is -2.10. The van der Waals surface area contributed by atoms with Gasteiger partial charge < -0.3 is 0 Å². The highest BCUT2D eigenvalue weighted by atomic mass is 32.2. The van der Waals surface area contributed by atoms with E-state index >= 15 is 0 Å². The van der Waals surface area contributed by atoms with E-state index < -0.39 is 16.2 Å². The zero-order valence-corrected chi connectivity index (χ0v) is 8.51.